The first-order valence-electron chi connectivity index (χ1n) is 9.60. The number of fused-ring (bicyclic) bond motifs is 1. The lowest BCUT2D eigenvalue weighted by atomic mass is 10.2. The molecule has 9 heteroatoms. The Balaban J connectivity index is 1.50. The Morgan fingerprint density at radius 2 is 1.94 bits per heavy atom. The molecule has 0 atom stereocenters. The maximum Gasteiger partial charge on any atom is 0.355 e. The third-order valence-electron chi connectivity index (χ3n) is 4.67. The lowest BCUT2D eigenvalue weighted by molar-refractivity contribution is -0.121. The van der Waals surface area contributed by atoms with Crippen molar-refractivity contribution >= 4 is 34.7 Å². The average Bonchev–Trinajstić information content (AvgIpc) is 3.47. The molecule has 1 aromatic carbocycles. The standard InChI is InChI=1S/C22H20N2O6S/c1-14(25)15-9-18(23-11-15)22(27)30-13-21(26)24(12-17-3-2-8-31-17)16-4-5-19-20(10-16)29-7-6-28-19/h2-5,8-11,23H,6-7,12-13H2,1H3. The summed E-state index contributed by atoms with van der Waals surface area (Å²) in [5.41, 5.74) is 1.09. The number of ketones is 1. The van der Waals surface area contributed by atoms with Crippen molar-refractivity contribution in [3.63, 3.8) is 0 Å². The molecule has 1 amide bonds. The number of H-pyrrole nitrogens is 1. The summed E-state index contributed by atoms with van der Waals surface area (Å²) in [6, 6.07) is 10.5. The number of hydrogen-bond acceptors (Lipinski definition) is 7. The normalized spacial score (nSPS) is 12.3. The van der Waals surface area contributed by atoms with E-state index in [0.717, 1.165) is 4.88 Å². The predicted molar refractivity (Wildman–Crippen MR) is 114 cm³/mol. The van der Waals surface area contributed by atoms with Crippen LogP contribution in [0.15, 0.2) is 48.0 Å². The highest BCUT2D eigenvalue weighted by molar-refractivity contribution is 7.09. The minimum atomic E-state index is -0.709. The van der Waals surface area contributed by atoms with E-state index >= 15 is 0 Å². The first-order chi connectivity index (χ1) is 15.0. The average molecular weight is 440 g/mol. The highest BCUT2D eigenvalue weighted by Gasteiger charge is 2.22. The van der Waals surface area contributed by atoms with Crippen molar-refractivity contribution in [3.05, 3.63) is 64.1 Å². The first-order valence-corrected chi connectivity index (χ1v) is 10.5. The lowest BCUT2D eigenvalue weighted by Gasteiger charge is -2.25. The fraction of sp³-hybridized carbons (Fsp3) is 0.227. The zero-order valence-electron chi connectivity index (χ0n) is 16.8. The van der Waals surface area contributed by atoms with Crippen molar-refractivity contribution in [1.29, 1.82) is 0 Å². The van der Waals surface area contributed by atoms with Gasteiger partial charge < -0.3 is 24.1 Å². The summed E-state index contributed by atoms with van der Waals surface area (Å²) in [6.45, 7) is 2.19. The number of benzene rings is 1. The van der Waals surface area contributed by atoms with Crippen molar-refractivity contribution in [3.8, 4) is 11.5 Å². The highest BCUT2D eigenvalue weighted by Crippen LogP contribution is 2.34. The quantitative estimate of drug-likeness (QED) is 0.446. The smallest absolute Gasteiger partial charge is 0.355 e. The van der Waals surface area contributed by atoms with Crippen LogP contribution < -0.4 is 14.4 Å². The molecule has 1 aliphatic rings. The molecular weight excluding hydrogens is 420 g/mol. The predicted octanol–water partition coefficient (Wildman–Crippen LogP) is 3.44. The topological polar surface area (TPSA) is 97.9 Å². The van der Waals surface area contributed by atoms with Gasteiger partial charge in [-0.15, -0.1) is 11.3 Å². The fourth-order valence-electron chi connectivity index (χ4n) is 3.08. The fourth-order valence-corrected chi connectivity index (χ4v) is 3.77. The third kappa shape index (κ3) is 4.77. The van der Waals surface area contributed by atoms with Gasteiger partial charge in [-0.25, -0.2) is 4.79 Å². The molecule has 8 nitrogen and oxygen atoms in total. The summed E-state index contributed by atoms with van der Waals surface area (Å²) in [5, 5.41) is 1.93. The molecule has 31 heavy (non-hydrogen) atoms. The van der Waals surface area contributed by atoms with Crippen LogP contribution in [0, 0.1) is 0 Å². The van der Waals surface area contributed by atoms with Gasteiger partial charge in [-0.2, -0.15) is 0 Å². The second-order valence-electron chi connectivity index (χ2n) is 6.82. The van der Waals surface area contributed by atoms with E-state index in [9.17, 15) is 14.4 Å². The molecule has 4 rings (SSSR count). The van der Waals surface area contributed by atoms with E-state index in [4.69, 9.17) is 14.2 Å². The van der Waals surface area contributed by atoms with E-state index in [-0.39, 0.29) is 11.5 Å². The van der Waals surface area contributed by atoms with Crippen molar-refractivity contribution in [2.24, 2.45) is 0 Å². The van der Waals surface area contributed by atoms with Crippen molar-refractivity contribution in [2.45, 2.75) is 13.5 Å². The van der Waals surface area contributed by atoms with Gasteiger partial charge in [-0.05, 0) is 36.6 Å². The van der Waals surface area contributed by atoms with Gasteiger partial charge in [0.05, 0.1) is 6.54 Å². The van der Waals surface area contributed by atoms with Crippen molar-refractivity contribution < 1.29 is 28.6 Å². The van der Waals surface area contributed by atoms with Gasteiger partial charge in [0.1, 0.15) is 18.9 Å². The van der Waals surface area contributed by atoms with Crippen molar-refractivity contribution in [1.82, 2.24) is 4.98 Å². The Morgan fingerprint density at radius 1 is 1.13 bits per heavy atom. The maximum atomic E-state index is 13.0. The summed E-state index contributed by atoms with van der Waals surface area (Å²) >= 11 is 1.52. The lowest BCUT2D eigenvalue weighted by Crippen LogP contribution is -2.34. The van der Waals surface area contributed by atoms with E-state index in [1.54, 1.807) is 18.2 Å². The number of carbonyl (C=O) groups excluding carboxylic acids is 3. The van der Waals surface area contributed by atoms with E-state index in [0.29, 0.717) is 42.5 Å². The molecule has 0 fully saturated rings. The molecule has 3 aromatic rings. The van der Waals surface area contributed by atoms with Crippen LogP contribution in [0.1, 0.15) is 32.6 Å². The highest BCUT2D eigenvalue weighted by atomic mass is 32.1. The number of esters is 1. The molecule has 160 valence electrons. The molecule has 1 N–H and O–H groups in total. The summed E-state index contributed by atoms with van der Waals surface area (Å²) in [6.07, 6.45) is 1.43. The number of nitrogens with zero attached hydrogens (tertiary/aromatic N) is 1. The number of nitrogens with one attached hydrogen (secondary N) is 1. The molecule has 0 unspecified atom stereocenters. The molecule has 0 saturated carbocycles. The number of Topliss-reactive ketones (excluding diaryl/α,β-unsaturated/α-hetero) is 1. The molecule has 3 heterocycles. The Kier molecular flexibility index (Phi) is 6.03. The SMILES string of the molecule is CC(=O)c1c[nH]c(C(=O)OCC(=O)N(Cc2cccs2)c2ccc3c(c2)OCCO3)c1. The number of amides is 1. The summed E-state index contributed by atoms with van der Waals surface area (Å²) < 4.78 is 16.4. The van der Waals surface area contributed by atoms with E-state index in [1.807, 2.05) is 17.5 Å². The molecule has 0 spiro atoms. The van der Waals surface area contributed by atoms with Gasteiger partial charge in [-0.3, -0.25) is 9.59 Å². The molecule has 2 aromatic heterocycles. The van der Waals surface area contributed by atoms with E-state index in [2.05, 4.69) is 4.98 Å². The summed E-state index contributed by atoms with van der Waals surface area (Å²) in [4.78, 5) is 41.9. The third-order valence-corrected chi connectivity index (χ3v) is 5.53. The zero-order chi connectivity index (χ0) is 21.8. The van der Waals surface area contributed by atoms with Crippen LogP contribution in [0.3, 0.4) is 0 Å². The minimum Gasteiger partial charge on any atom is -0.486 e. The van der Waals surface area contributed by atoms with Crippen LogP contribution in [0.5, 0.6) is 11.5 Å². The number of anilines is 1. The van der Waals surface area contributed by atoms with Crippen LogP contribution in [-0.4, -0.2) is 42.5 Å². The number of ether oxygens (including phenoxy) is 3. The largest absolute Gasteiger partial charge is 0.486 e. The molecular formula is C22H20N2O6S. The van der Waals surface area contributed by atoms with Crippen LogP contribution in [-0.2, 0) is 16.1 Å². The molecule has 0 saturated heterocycles. The molecule has 1 aliphatic heterocycles. The van der Waals surface area contributed by atoms with Gasteiger partial charge in [0, 0.05) is 28.4 Å². The molecule has 0 radical (unpaired) electrons. The second kappa shape index (κ2) is 9.05. The van der Waals surface area contributed by atoms with Crippen LogP contribution >= 0.6 is 11.3 Å². The van der Waals surface area contributed by atoms with Crippen LogP contribution in [0.25, 0.3) is 0 Å². The van der Waals surface area contributed by atoms with Gasteiger partial charge >= 0.3 is 5.97 Å². The van der Waals surface area contributed by atoms with E-state index in [1.165, 1.54) is 35.4 Å². The Bertz CT molecular complexity index is 1110. The summed E-state index contributed by atoms with van der Waals surface area (Å²) in [5.74, 6) is -0.0891. The minimum absolute atomic E-state index is 0.113. The van der Waals surface area contributed by atoms with E-state index < -0.39 is 18.5 Å². The first kappa shape index (κ1) is 20.7. The second-order valence-corrected chi connectivity index (χ2v) is 7.85. The number of aromatic amines is 1. The Labute approximate surface area is 182 Å². The number of rotatable bonds is 7. The monoisotopic (exact) mass is 440 g/mol. The maximum absolute atomic E-state index is 13.0. The van der Waals surface area contributed by atoms with Crippen LogP contribution in [0.4, 0.5) is 5.69 Å². The number of hydrogen-bond donors (Lipinski definition) is 1. The van der Waals surface area contributed by atoms with Crippen LogP contribution in [0.2, 0.25) is 0 Å². The van der Waals surface area contributed by atoms with Gasteiger partial charge in [0.2, 0.25) is 0 Å². The summed E-state index contributed by atoms with van der Waals surface area (Å²) in [7, 11) is 0. The molecule has 0 bridgehead atoms. The number of carbonyl (C=O) groups is 3. The molecule has 0 aliphatic carbocycles. The number of thiophene rings is 1. The van der Waals surface area contributed by atoms with Crippen molar-refractivity contribution in [2.75, 3.05) is 24.7 Å². The van der Waals surface area contributed by atoms with Gasteiger partial charge in [0.15, 0.2) is 23.9 Å². The zero-order valence-corrected chi connectivity index (χ0v) is 17.6. The van der Waals surface area contributed by atoms with Gasteiger partial charge in [0.25, 0.3) is 5.91 Å². The van der Waals surface area contributed by atoms with Gasteiger partial charge in [-0.1, -0.05) is 6.07 Å². The Morgan fingerprint density at radius 3 is 2.65 bits per heavy atom. The Hall–Kier alpha value is -3.59. The number of aromatic nitrogens is 1.